The monoisotopic (exact) mass is 339 g/mol. The van der Waals surface area contributed by atoms with E-state index in [1.54, 1.807) is 44.4 Å². The van der Waals surface area contributed by atoms with E-state index in [1.807, 2.05) is 6.92 Å². The first-order valence-corrected chi connectivity index (χ1v) is 7.83. The van der Waals surface area contributed by atoms with Crippen molar-refractivity contribution in [1.82, 2.24) is 4.90 Å². The van der Waals surface area contributed by atoms with Crippen molar-refractivity contribution in [2.45, 2.75) is 6.92 Å². The van der Waals surface area contributed by atoms with Gasteiger partial charge in [0.05, 0.1) is 31.8 Å². The number of carbonyl (C=O) groups excluding carboxylic acids is 1. The molecule has 0 radical (unpaired) electrons. The van der Waals surface area contributed by atoms with E-state index in [0.717, 1.165) is 0 Å². The van der Waals surface area contributed by atoms with Crippen LogP contribution in [0.4, 0.5) is 0 Å². The van der Waals surface area contributed by atoms with Gasteiger partial charge in [0.15, 0.2) is 0 Å². The minimum atomic E-state index is -0.0996. The molecular formula is C15H17NO4S2. The summed E-state index contributed by atoms with van der Waals surface area (Å²) in [5, 5.41) is 0. The number of likely N-dealkylation sites (N-methyl/N-ethyl adjacent to an activating group) is 1. The fourth-order valence-electron chi connectivity index (χ4n) is 2.08. The van der Waals surface area contributed by atoms with Crippen molar-refractivity contribution >= 4 is 40.3 Å². The van der Waals surface area contributed by atoms with Crippen LogP contribution in [0.1, 0.15) is 12.5 Å². The number of carbonyl (C=O) groups is 1. The minimum absolute atomic E-state index is 0.0996. The molecule has 118 valence electrons. The Morgan fingerprint density at radius 3 is 2.18 bits per heavy atom. The number of amides is 1. The molecule has 1 aliphatic heterocycles. The van der Waals surface area contributed by atoms with E-state index in [2.05, 4.69) is 0 Å². The molecule has 1 aromatic rings. The predicted octanol–water partition coefficient (Wildman–Crippen LogP) is 2.93. The molecule has 1 saturated heterocycles. The molecule has 5 nitrogen and oxygen atoms in total. The van der Waals surface area contributed by atoms with Gasteiger partial charge in [-0.25, -0.2) is 0 Å². The zero-order valence-electron chi connectivity index (χ0n) is 12.8. The third-order valence-electron chi connectivity index (χ3n) is 3.22. The standard InChI is InChI=1S/C15H17NO4S2/c1-5-16-14(17)13(22-15(16)21)8-10-11(19-3)6-9(18-2)7-12(10)20-4/h6-8H,5H2,1-4H3/b13-8-. The van der Waals surface area contributed by atoms with Crippen LogP contribution in [0.3, 0.4) is 0 Å². The molecule has 0 aromatic heterocycles. The third kappa shape index (κ3) is 3.05. The molecule has 2 rings (SSSR count). The number of methoxy groups -OCH3 is 3. The van der Waals surface area contributed by atoms with Crippen LogP contribution in [-0.2, 0) is 4.79 Å². The molecule has 1 fully saturated rings. The highest BCUT2D eigenvalue weighted by molar-refractivity contribution is 8.26. The van der Waals surface area contributed by atoms with E-state index in [1.165, 1.54) is 11.8 Å². The topological polar surface area (TPSA) is 48.0 Å². The van der Waals surface area contributed by atoms with Crippen molar-refractivity contribution in [2.75, 3.05) is 27.9 Å². The van der Waals surface area contributed by atoms with Crippen LogP contribution < -0.4 is 14.2 Å². The van der Waals surface area contributed by atoms with Crippen LogP contribution in [0.2, 0.25) is 0 Å². The molecule has 0 atom stereocenters. The van der Waals surface area contributed by atoms with Gasteiger partial charge >= 0.3 is 0 Å². The van der Waals surface area contributed by atoms with Gasteiger partial charge in [0.25, 0.3) is 5.91 Å². The number of rotatable bonds is 5. The Labute approximate surface area is 139 Å². The van der Waals surface area contributed by atoms with E-state index < -0.39 is 0 Å². The molecule has 1 aromatic carbocycles. The lowest BCUT2D eigenvalue weighted by molar-refractivity contribution is -0.121. The van der Waals surface area contributed by atoms with Crippen LogP contribution in [-0.4, -0.2) is 43.0 Å². The minimum Gasteiger partial charge on any atom is -0.496 e. The molecular weight excluding hydrogens is 322 g/mol. The molecule has 22 heavy (non-hydrogen) atoms. The van der Waals surface area contributed by atoms with Gasteiger partial charge in [-0.2, -0.15) is 0 Å². The SMILES string of the molecule is CCN1C(=O)/C(=C/c2c(OC)cc(OC)cc2OC)SC1=S. The molecule has 0 spiro atoms. The van der Waals surface area contributed by atoms with E-state index in [0.29, 0.717) is 38.6 Å². The first-order valence-electron chi connectivity index (χ1n) is 6.61. The lowest BCUT2D eigenvalue weighted by Crippen LogP contribution is -2.27. The fraction of sp³-hybridized carbons (Fsp3) is 0.333. The number of thioether (sulfide) groups is 1. The van der Waals surface area contributed by atoms with Crippen molar-refractivity contribution in [2.24, 2.45) is 0 Å². The van der Waals surface area contributed by atoms with Crippen LogP contribution in [0.5, 0.6) is 17.2 Å². The molecule has 1 amide bonds. The fourth-order valence-corrected chi connectivity index (χ4v) is 3.44. The summed E-state index contributed by atoms with van der Waals surface area (Å²) < 4.78 is 16.5. The third-order valence-corrected chi connectivity index (χ3v) is 4.60. The number of hydrogen-bond donors (Lipinski definition) is 0. The lowest BCUT2D eigenvalue weighted by Gasteiger charge is -2.13. The molecule has 0 aliphatic carbocycles. The molecule has 1 aliphatic rings. The maximum atomic E-state index is 12.3. The van der Waals surface area contributed by atoms with Crippen molar-refractivity contribution in [3.8, 4) is 17.2 Å². The van der Waals surface area contributed by atoms with Gasteiger partial charge in [-0.1, -0.05) is 24.0 Å². The Balaban J connectivity index is 2.51. The summed E-state index contributed by atoms with van der Waals surface area (Å²) >= 11 is 6.49. The van der Waals surface area contributed by atoms with Gasteiger partial charge in [0.1, 0.15) is 21.6 Å². The summed E-state index contributed by atoms with van der Waals surface area (Å²) in [6.45, 7) is 2.45. The highest BCUT2D eigenvalue weighted by Gasteiger charge is 2.31. The maximum Gasteiger partial charge on any atom is 0.266 e. The molecule has 1 heterocycles. The smallest absolute Gasteiger partial charge is 0.266 e. The lowest BCUT2D eigenvalue weighted by atomic mass is 10.1. The van der Waals surface area contributed by atoms with Crippen LogP contribution in [0.25, 0.3) is 6.08 Å². The van der Waals surface area contributed by atoms with Crippen molar-refractivity contribution in [3.63, 3.8) is 0 Å². The number of hydrogen-bond acceptors (Lipinski definition) is 6. The predicted molar refractivity (Wildman–Crippen MR) is 91.7 cm³/mol. The molecule has 0 N–H and O–H groups in total. The Hall–Kier alpha value is -1.73. The van der Waals surface area contributed by atoms with Crippen molar-refractivity contribution in [1.29, 1.82) is 0 Å². The normalized spacial score (nSPS) is 16.4. The summed E-state index contributed by atoms with van der Waals surface area (Å²) in [5.41, 5.74) is 0.683. The average Bonchev–Trinajstić information content (AvgIpc) is 2.80. The first kappa shape index (κ1) is 16.6. The summed E-state index contributed by atoms with van der Waals surface area (Å²) in [4.78, 5) is 14.4. The zero-order chi connectivity index (χ0) is 16.3. The molecule has 7 heteroatoms. The summed E-state index contributed by atoms with van der Waals surface area (Å²) in [6.07, 6.45) is 1.74. The van der Waals surface area contributed by atoms with Crippen LogP contribution >= 0.6 is 24.0 Å². The van der Waals surface area contributed by atoms with Gasteiger partial charge in [-0.3, -0.25) is 9.69 Å². The summed E-state index contributed by atoms with van der Waals surface area (Å²) in [6, 6.07) is 3.49. The molecule has 0 bridgehead atoms. The number of nitrogens with zero attached hydrogens (tertiary/aromatic N) is 1. The van der Waals surface area contributed by atoms with Gasteiger partial charge in [0, 0.05) is 18.7 Å². The summed E-state index contributed by atoms with van der Waals surface area (Å²) in [7, 11) is 4.69. The second kappa shape index (κ2) is 7.02. The zero-order valence-corrected chi connectivity index (χ0v) is 14.5. The van der Waals surface area contributed by atoms with Gasteiger partial charge < -0.3 is 14.2 Å². The Morgan fingerprint density at radius 1 is 1.18 bits per heavy atom. The number of benzene rings is 1. The highest BCUT2D eigenvalue weighted by atomic mass is 32.2. The largest absolute Gasteiger partial charge is 0.496 e. The van der Waals surface area contributed by atoms with Crippen molar-refractivity contribution < 1.29 is 19.0 Å². The quantitative estimate of drug-likeness (QED) is 0.607. The van der Waals surface area contributed by atoms with E-state index in [-0.39, 0.29) is 5.91 Å². The Kier molecular flexibility index (Phi) is 5.31. The van der Waals surface area contributed by atoms with Gasteiger partial charge in [-0.05, 0) is 13.0 Å². The van der Waals surface area contributed by atoms with E-state index in [4.69, 9.17) is 26.4 Å². The highest BCUT2D eigenvalue weighted by Crippen LogP contribution is 2.39. The van der Waals surface area contributed by atoms with Gasteiger partial charge in [0.2, 0.25) is 0 Å². The van der Waals surface area contributed by atoms with Crippen LogP contribution in [0.15, 0.2) is 17.0 Å². The Bertz CT molecular complexity index is 617. The van der Waals surface area contributed by atoms with Crippen LogP contribution in [0, 0.1) is 0 Å². The Morgan fingerprint density at radius 2 is 1.77 bits per heavy atom. The molecule has 0 unspecified atom stereocenters. The number of ether oxygens (including phenoxy) is 3. The molecule has 0 saturated carbocycles. The maximum absolute atomic E-state index is 12.3. The number of thiocarbonyl (C=S) groups is 1. The van der Waals surface area contributed by atoms with E-state index >= 15 is 0 Å². The van der Waals surface area contributed by atoms with Crippen molar-refractivity contribution in [3.05, 3.63) is 22.6 Å². The average molecular weight is 339 g/mol. The summed E-state index contributed by atoms with van der Waals surface area (Å²) in [5.74, 6) is 1.65. The van der Waals surface area contributed by atoms with E-state index in [9.17, 15) is 4.79 Å². The van der Waals surface area contributed by atoms with Gasteiger partial charge in [-0.15, -0.1) is 0 Å². The first-order chi connectivity index (χ1) is 10.5. The second-order valence-corrected chi connectivity index (χ2v) is 6.05. The second-order valence-electron chi connectivity index (χ2n) is 4.37.